The summed E-state index contributed by atoms with van der Waals surface area (Å²) in [5.74, 6) is -0.183. The lowest BCUT2D eigenvalue weighted by atomic mass is 9.96. The van der Waals surface area contributed by atoms with Crippen LogP contribution in [-0.4, -0.2) is 32.8 Å². The monoisotopic (exact) mass is 498 g/mol. The Hall–Kier alpha value is -4.17. The molecule has 4 aromatic rings. The summed E-state index contributed by atoms with van der Waals surface area (Å²) in [6.07, 6.45) is 1.78. The number of phenolic OH excluding ortho intramolecular Hbond substituents is 1. The normalized spacial score (nSPS) is 17.2. The van der Waals surface area contributed by atoms with Crippen LogP contribution >= 0.6 is 12.2 Å². The van der Waals surface area contributed by atoms with Crippen LogP contribution in [0.15, 0.2) is 79.0 Å². The first kappa shape index (κ1) is 23.6. The minimum absolute atomic E-state index is 0.192. The van der Waals surface area contributed by atoms with Gasteiger partial charge in [0.25, 0.3) is 0 Å². The standard InChI is InChI=1S/C28H26N4O3S/c1-17-15-23(18(2)31(17)21-8-6-7-19(16-21)27(34)35-3)26-25(24-9-4-5-14-29-24)30-28(36)32(26)20-10-12-22(33)13-11-20/h4-16,25-26,33H,1-3H3,(H,30,36). The van der Waals surface area contributed by atoms with E-state index in [0.29, 0.717) is 10.7 Å². The van der Waals surface area contributed by atoms with Crippen molar-refractivity contribution < 1.29 is 14.6 Å². The number of ether oxygens (including phenoxy) is 1. The number of pyridine rings is 1. The van der Waals surface area contributed by atoms with Crippen molar-refractivity contribution in [3.63, 3.8) is 0 Å². The van der Waals surface area contributed by atoms with Gasteiger partial charge in [-0.2, -0.15) is 0 Å². The van der Waals surface area contributed by atoms with Gasteiger partial charge in [0, 0.05) is 29.0 Å². The van der Waals surface area contributed by atoms with Gasteiger partial charge in [0.1, 0.15) is 5.75 Å². The molecule has 2 unspecified atom stereocenters. The molecule has 1 saturated heterocycles. The smallest absolute Gasteiger partial charge is 0.337 e. The van der Waals surface area contributed by atoms with Gasteiger partial charge in [-0.05, 0) is 92.3 Å². The number of aromatic nitrogens is 2. The van der Waals surface area contributed by atoms with Crippen molar-refractivity contribution in [1.82, 2.24) is 14.9 Å². The summed E-state index contributed by atoms with van der Waals surface area (Å²) < 4.78 is 7.05. The number of anilines is 1. The van der Waals surface area contributed by atoms with Gasteiger partial charge in [0.05, 0.1) is 30.5 Å². The third kappa shape index (κ3) is 4.09. The van der Waals surface area contributed by atoms with Crippen LogP contribution in [0, 0.1) is 13.8 Å². The molecular formula is C28H26N4O3S. The van der Waals surface area contributed by atoms with E-state index in [4.69, 9.17) is 17.0 Å². The summed E-state index contributed by atoms with van der Waals surface area (Å²) in [5, 5.41) is 13.9. The Morgan fingerprint density at radius 1 is 1.03 bits per heavy atom. The molecular weight excluding hydrogens is 472 g/mol. The van der Waals surface area contributed by atoms with Crippen LogP contribution in [0.25, 0.3) is 5.69 Å². The molecule has 1 aliphatic heterocycles. The summed E-state index contributed by atoms with van der Waals surface area (Å²) in [7, 11) is 1.38. The van der Waals surface area contributed by atoms with E-state index >= 15 is 0 Å². The van der Waals surface area contributed by atoms with Gasteiger partial charge in [-0.1, -0.05) is 12.1 Å². The highest BCUT2D eigenvalue weighted by Crippen LogP contribution is 2.44. The Labute approximate surface area is 215 Å². The second-order valence-corrected chi connectivity index (χ2v) is 9.10. The van der Waals surface area contributed by atoms with Gasteiger partial charge in [-0.25, -0.2) is 4.79 Å². The Morgan fingerprint density at radius 2 is 1.81 bits per heavy atom. The summed E-state index contributed by atoms with van der Waals surface area (Å²) in [6.45, 7) is 4.11. The van der Waals surface area contributed by atoms with Gasteiger partial charge in [0.2, 0.25) is 0 Å². The lowest BCUT2D eigenvalue weighted by Crippen LogP contribution is -2.29. The number of aromatic hydroxyl groups is 1. The van der Waals surface area contributed by atoms with Crippen LogP contribution in [0.3, 0.4) is 0 Å². The van der Waals surface area contributed by atoms with E-state index < -0.39 is 0 Å². The first-order chi connectivity index (χ1) is 17.4. The van der Waals surface area contributed by atoms with Crippen molar-refractivity contribution in [1.29, 1.82) is 0 Å². The van der Waals surface area contributed by atoms with Crippen molar-refractivity contribution >= 4 is 29.0 Å². The molecule has 2 atom stereocenters. The maximum Gasteiger partial charge on any atom is 0.337 e. The average Bonchev–Trinajstić information content (AvgIpc) is 3.39. The van der Waals surface area contributed by atoms with Crippen molar-refractivity contribution in [3.05, 3.63) is 107 Å². The molecule has 182 valence electrons. The fraction of sp³-hybridized carbons (Fsp3) is 0.179. The number of esters is 1. The van der Waals surface area contributed by atoms with Crippen molar-refractivity contribution in [2.75, 3.05) is 12.0 Å². The maximum atomic E-state index is 12.2. The highest BCUT2D eigenvalue weighted by Gasteiger charge is 2.42. The molecule has 7 nitrogen and oxygen atoms in total. The zero-order valence-corrected chi connectivity index (χ0v) is 21.0. The molecule has 8 heteroatoms. The minimum Gasteiger partial charge on any atom is -0.508 e. The molecule has 36 heavy (non-hydrogen) atoms. The molecule has 0 amide bonds. The number of carbonyl (C=O) groups is 1. The van der Waals surface area contributed by atoms with E-state index in [9.17, 15) is 9.90 Å². The number of nitrogens with one attached hydrogen (secondary N) is 1. The molecule has 0 aliphatic carbocycles. The number of carbonyl (C=O) groups excluding carboxylic acids is 1. The number of methoxy groups -OCH3 is 1. The number of hydrogen-bond acceptors (Lipinski definition) is 5. The van der Waals surface area contributed by atoms with E-state index in [0.717, 1.165) is 34.0 Å². The Bertz CT molecular complexity index is 1430. The SMILES string of the molecule is COC(=O)c1cccc(-n2c(C)cc(C3C(c4ccccn4)NC(=S)N3c3ccc(O)cc3)c2C)c1. The van der Waals surface area contributed by atoms with Crippen LogP contribution in [0.5, 0.6) is 5.75 Å². The number of hydrogen-bond donors (Lipinski definition) is 2. The van der Waals surface area contributed by atoms with E-state index in [2.05, 4.69) is 32.8 Å². The third-order valence-corrected chi connectivity index (χ3v) is 6.85. The van der Waals surface area contributed by atoms with Gasteiger partial charge in [-0.15, -0.1) is 0 Å². The number of phenols is 1. The Balaban J connectivity index is 1.66. The molecule has 3 heterocycles. The van der Waals surface area contributed by atoms with Crippen molar-refractivity contribution in [3.8, 4) is 11.4 Å². The lowest BCUT2D eigenvalue weighted by Gasteiger charge is -2.28. The van der Waals surface area contributed by atoms with Crippen LogP contribution < -0.4 is 10.2 Å². The second kappa shape index (κ2) is 9.47. The van der Waals surface area contributed by atoms with Crippen LogP contribution in [0.2, 0.25) is 0 Å². The lowest BCUT2D eigenvalue weighted by molar-refractivity contribution is 0.0600. The zero-order chi connectivity index (χ0) is 25.4. The molecule has 2 N–H and O–H groups in total. The van der Waals surface area contributed by atoms with Crippen molar-refractivity contribution in [2.24, 2.45) is 0 Å². The van der Waals surface area contributed by atoms with Crippen LogP contribution in [0.4, 0.5) is 5.69 Å². The summed E-state index contributed by atoms with van der Waals surface area (Å²) in [5.41, 5.74) is 6.23. The van der Waals surface area contributed by atoms with Gasteiger partial charge < -0.3 is 24.6 Å². The van der Waals surface area contributed by atoms with E-state index in [-0.39, 0.29) is 23.8 Å². The highest BCUT2D eigenvalue weighted by atomic mass is 32.1. The molecule has 1 aliphatic rings. The molecule has 2 aromatic carbocycles. The first-order valence-electron chi connectivity index (χ1n) is 11.6. The second-order valence-electron chi connectivity index (χ2n) is 8.72. The number of benzene rings is 2. The third-order valence-electron chi connectivity index (χ3n) is 6.54. The molecule has 2 aromatic heterocycles. The molecule has 0 spiro atoms. The highest BCUT2D eigenvalue weighted by molar-refractivity contribution is 7.80. The maximum absolute atomic E-state index is 12.2. The number of nitrogens with zero attached hydrogens (tertiary/aromatic N) is 3. The van der Waals surface area contributed by atoms with Gasteiger partial charge in [0.15, 0.2) is 5.11 Å². The minimum atomic E-state index is -0.376. The molecule has 0 saturated carbocycles. The Morgan fingerprint density at radius 3 is 2.50 bits per heavy atom. The van der Waals surface area contributed by atoms with Gasteiger partial charge in [-0.3, -0.25) is 4.98 Å². The number of aryl methyl sites for hydroxylation is 1. The van der Waals surface area contributed by atoms with E-state index in [1.165, 1.54) is 7.11 Å². The quantitative estimate of drug-likeness (QED) is 0.291. The Kier molecular flexibility index (Phi) is 6.20. The molecule has 0 radical (unpaired) electrons. The average molecular weight is 499 g/mol. The van der Waals surface area contributed by atoms with Crippen LogP contribution in [-0.2, 0) is 4.74 Å². The summed E-state index contributed by atoms with van der Waals surface area (Å²) in [6, 6.07) is 22.1. The van der Waals surface area contributed by atoms with Gasteiger partial charge >= 0.3 is 5.97 Å². The zero-order valence-electron chi connectivity index (χ0n) is 20.2. The van der Waals surface area contributed by atoms with E-state index in [1.54, 1.807) is 24.4 Å². The number of thiocarbonyl (C=S) groups is 1. The molecule has 1 fully saturated rings. The molecule has 0 bridgehead atoms. The summed E-state index contributed by atoms with van der Waals surface area (Å²) in [4.78, 5) is 18.9. The fourth-order valence-electron chi connectivity index (χ4n) is 4.94. The predicted octanol–water partition coefficient (Wildman–Crippen LogP) is 5.16. The first-order valence-corrected chi connectivity index (χ1v) is 12.0. The van der Waals surface area contributed by atoms with Crippen LogP contribution in [0.1, 0.15) is 45.1 Å². The summed E-state index contributed by atoms with van der Waals surface area (Å²) >= 11 is 5.81. The topological polar surface area (TPSA) is 79.6 Å². The van der Waals surface area contributed by atoms with E-state index in [1.807, 2.05) is 55.5 Å². The van der Waals surface area contributed by atoms with Crippen molar-refractivity contribution in [2.45, 2.75) is 25.9 Å². The predicted molar refractivity (Wildman–Crippen MR) is 143 cm³/mol. The number of rotatable bonds is 5. The largest absolute Gasteiger partial charge is 0.508 e. The molecule has 5 rings (SSSR count). The fourth-order valence-corrected chi connectivity index (χ4v) is 5.28.